The third kappa shape index (κ3) is 3.49. The molecule has 18 heavy (non-hydrogen) atoms. The van der Waals surface area contributed by atoms with E-state index in [0.717, 1.165) is 12.1 Å². The second kappa shape index (κ2) is 6.44. The molecular formula is C12H16FNO4. The Kier molecular flexibility index (Phi) is 5.21. The number of halogens is 1. The van der Waals surface area contributed by atoms with Crippen molar-refractivity contribution in [3.8, 4) is 0 Å². The van der Waals surface area contributed by atoms with Crippen molar-refractivity contribution in [2.75, 3.05) is 13.6 Å². The maximum atomic E-state index is 13.2. The first-order valence-electron chi connectivity index (χ1n) is 5.50. The molecule has 1 rings (SSSR count). The second-order valence-electron chi connectivity index (χ2n) is 3.95. The molecule has 0 fully saturated rings. The van der Waals surface area contributed by atoms with Gasteiger partial charge in [-0.15, -0.1) is 0 Å². The van der Waals surface area contributed by atoms with Crippen LogP contribution in [0.2, 0.25) is 0 Å². The van der Waals surface area contributed by atoms with E-state index in [9.17, 15) is 19.4 Å². The van der Waals surface area contributed by atoms with Crippen molar-refractivity contribution in [3.05, 3.63) is 35.1 Å². The van der Waals surface area contributed by atoms with Gasteiger partial charge in [0, 0.05) is 0 Å². The van der Waals surface area contributed by atoms with Gasteiger partial charge in [-0.25, -0.2) is 9.18 Å². The molecule has 0 aromatic heterocycles. The monoisotopic (exact) mass is 257 g/mol. The fraction of sp³-hybridized carbons (Fsp3) is 0.417. The Morgan fingerprint density at radius 2 is 2.11 bits per heavy atom. The van der Waals surface area contributed by atoms with Crippen LogP contribution in [-0.2, 0) is 0 Å². The van der Waals surface area contributed by atoms with E-state index in [1.54, 1.807) is 7.05 Å². The minimum atomic E-state index is -1.41. The molecule has 0 heterocycles. The van der Waals surface area contributed by atoms with E-state index >= 15 is 0 Å². The number of hydrogen-bond acceptors (Lipinski definition) is 4. The summed E-state index contributed by atoms with van der Waals surface area (Å²) in [4.78, 5) is 10.7. The lowest BCUT2D eigenvalue weighted by Gasteiger charge is -2.18. The fourth-order valence-electron chi connectivity index (χ4n) is 1.56. The number of benzene rings is 1. The maximum absolute atomic E-state index is 13.2. The van der Waals surface area contributed by atoms with Crippen LogP contribution in [0.3, 0.4) is 0 Å². The Bertz CT molecular complexity index is 425. The number of aliphatic hydroxyl groups excluding tert-OH is 2. The van der Waals surface area contributed by atoms with E-state index in [0.29, 0.717) is 13.0 Å². The summed E-state index contributed by atoms with van der Waals surface area (Å²) in [5, 5.41) is 31.1. The number of aromatic carboxylic acids is 1. The SMILES string of the molecule is CNCCC(O)C(O)c1ccc(F)c(C(=O)O)c1. The van der Waals surface area contributed by atoms with Gasteiger partial charge in [0.05, 0.1) is 11.7 Å². The van der Waals surface area contributed by atoms with E-state index in [-0.39, 0.29) is 5.56 Å². The molecule has 6 heteroatoms. The average Bonchev–Trinajstić information content (AvgIpc) is 2.35. The molecule has 0 amide bonds. The van der Waals surface area contributed by atoms with Crippen molar-refractivity contribution in [1.82, 2.24) is 5.32 Å². The summed E-state index contributed by atoms with van der Waals surface area (Å²) >= 11 is 0. The number of hydrogen-bond donors (Lipinski definition) is 4. The predicted molar refractivity (Wildman–Crippen MR) is 62.9 cm³/mol. The number of nitrogens with one attached hydrogen (secondary N) is 1. The molecule has 1 aromatic carbocycles. The van der Waals surface area contributed by atoms with Gasteiger partial charge in [0.1, 0.15) is 11.9 Å². The zero-order valence-corrected chi connectivity index (χ0v) is 9.93. The quantitative estimate of drug-likeness (QED) is 0.597. The van der Waals surface area contributed by atoms with Gasteiger partial charge < -0.3 is 20.6 Å². The van der Waals surface area contributed by atoms with Crippen LogP contribution in [0.4, 0.5) is 4.39 Å². The Morgan fingerprint density at radius 1 is 1.44 bits per heavy atom. The molecule has 100 valence electrons. The van der Waals surface area contributed by atoms with Crippen LogP contribution in [0.15, 0.2) is 18.2 Å². The molecular weight excluding hydrogens is 241 g/mol. The molecule has 0 aliphatic rings. The summed E-state index contributed by atoms with van der Waals surface area (Å²) < 4.78 is 13.2. The molecule has 0 saturated heterocycles. The molecule has 0 aliphatic heterocycles. The van der Waals surface area contributed by atoms with Crippen LogP contribution < -0.4 is 5.32 Å². The highest BCUT2D eigenvalue weighted by Crippen LogP contribution is 2.21. The highest BCUT2D eigenvalue weighted by Gasteiger charge is 2.20. The summed E-state index contributed by atoms with van der Waals surface area (Å²) in [7, 11) is 1.71. The molecule has 0 spiro atoms. The third-order valence-electron chi connectivity index (χ3n) is 2.62. The first-order valence-corrected chi connectivity index (χ1v) is 5.50. The molecule has 4 N–H and O–H groups in total. The molecule has 1 aromatic rings. The molecule has 5 nitrogen and oxygen atoms in total. The lowest BCUT2D eigenvalue weighted by Crippen LogP contribution is -2.23. The molecule has 0 bridgehead atoms. The first kappa shape index (κ1) is 14.6. The summed E-state index contributed by atoms with van der Waals surface area (Å²) in [6.45, 7) is 0.505. The number of carboxylic acid groups (broad SMARTS) is 1. The van der Waals surface area contributed by atoms with Crippen molar-refractivity contribution in [3.63, 3.8) is 0 Å². The Morgan fingerprint density at radius 3 is 2.67 bits per heavy atom. The lowest BCUT2D eigenvalue weighted by atomic mass is 10.00. The molecule has 0 radical (unpaired) electrons. The topological polar surface area (TPSA) is 89.8 Å². The molecule has 0 saturated carbocycles. The van der Waals surface area contributed by atoms with Crippen LogP contribution in [0.25, 0.3) is 0 Å². The van der Waals surface area contributed by atoms with Gasteiger partial charge in [-0.3, -0.25) is 0 Å². The van der Waals surface area contributed by atoms with Gasteiger partial charge in [-0.2, -0.15) is 0 Å². The number of aliphatic hydroxyl groups is 2. The number of rotatable bonds is 6. The standard InChI is InChI=1S/C12H16FNO4/c1-14-5-4-10(15)11(16)7-2-3-9(13)8(6-7)12(17)18/h2-3,6,10-11,14-16H,4-5H2,1H3,(H,17,18). The van der Waals surface area contributed by atoms with E-state index < -0.39 is 29.6 Å². The van der Waals surface area contributed by atoms with Crippen LogP contribution in [0.5, 0.6) is 0 Å². The van der Waals surface area contributed by atoms with E-state index in [1.807, 2.05) is 0 Å². The normalized spacial score (nSPS) is 14.2. The molecule has 2 atom stereocenters. The highest BCUT2D eigenvalue weighted by molar-refractivity contribution is 5.88. The van der Waals surface area contributed by atoms with Crippen LogP contribution >= 0.6 is 0 Å². The number of carboxylic acids is 1. The summed E-state index contributed by atoms with van der Waals surface area (Å²) in [6.07, 6.45) is -1.97. The van der Waals surface area contributed by atoms with Crippen molar-refractivity contribution >= 4 is 5.97 Å². The van der Waals surface area contributed by atoms with E-state index in [2.05, 4.69) is 5.32 Å². The maximum Gasteiger partial charge on any atom is 0.338 e. The van der Waals surface area contributed by atoms with Gasteiger partial charge in [0.15, 0.2) is 0 Å². The molecule has 0 aliphatic carbocycles. The zero-order chi connectivity index (χ0) is 13.7. The smallest absolute Gasteiger partial charge is 0.338 e. The average molecular weight is 257 g/mol. The first-order chi connectivity index (χ1) is 8.47. The fourth-order valence-corrected chi connectivity index (χ4v) is 1.56. The van der Waals surface area contributed by atoms with Gasteiger partial charge in [-0.05, 0) is 37.7 Å². The number of carbonyl (C=O) groups is 1. The van der Waals surface area contributed by atoms with Crippen molar-refractivity contribution in [1.29, 1.82) is 0 Å². The summed E-state index contributed by atoms with van der Waals surface area (Å²) in [6, 6.07) is 3.26. The van der Waals surface area contributed by atoms with Gasteiger partial charge in [0.25, 0.3) is 0 Å². The highest BCUT2D eigenvalue weighted by atomic mass is 19.1. The Hall–Kier alpha value is -1.50. The van der Waals surface area contributed by atoms with Crippen molar-refractivity contribution < 1.29 is 24.5 Å². The minimum absolute atomic E-state index is 0.178. The summed E-state index contributed by atoms with van der Waals surface area (Å²) in [5.74, 6) is -2.28. The van der Waals surface area contributed by atoms with Crippen LogP contribution in [0.1, 0.15) is 28.4 Å². The summed E-state index contributed by atoms with van der Waals surface area (Å²) in [5.41, 5.74) is -0.343. The van der Waals surface area contributed by atoms with Gasteiger partial charge in [0.2, 0.25) is 0 Å². The van der Waals surface area contributed by atoms with E-state index in [1.165, 1.54) is 6.07 Å². The van der Waals surface area contributed by atoms with Crippen molar-refractivity contribution in [2.24, 2.45) is 0 Å². The molecule has 2 unspecified atom stereocenters. The Labute approximate surface area is 104 Å². The minimum Gasteiger partial charge on any atom is -0.478 e. The third-order valence-corrected chi connectivity index (χ3v) is 2.62. The van der Waals surface area contributed by atoms with Gasteiger partial charge in [-0.1, -0.05) is 6.07 Å². The van der Waals surface area contributed by atoms with E-state index in [4.69, 9.17) is 5.11 Å². The van der Waals surface area contributed by atoms with Crippen molar-refractivity contribution in [2.45, 2.75) is 18.6 Å². The van der Waals surface area contributed by atoms with Crippen LogP contribution in [-0.4, -0.2) is 41.0 Å². The largest absolute Gasteiger partial charge is 0.478 e. The zero-order valence-electron chi connectivity index (χ0n) is 9.93. The predicted octanol–water partition coefficient (Wildman–Crippen LogP) is 0.528. The van der Waals surface area contributed by atoms with Crippen LogP contribution in [0, 0.1) is 5.82 Å². The second-order valence-corrected chi connectivity index (χ2v) is 3.95. The Balaban J connectivity index is 2.89. The lowest BCUT2D eigenvalue weighted by molar-refractivity contribution is 0.0139. The van der Waals surface area contributed by atoms with Gasteiger partial charge >= 0.3 is 5.97 Å².